The maximum Gasteiger partial charge on any atom is 0.224 e. The first kappa shape index (κ1) is 64.2. The Hall–Kier alpha value is -3.80. The van der Waals surface area contributed by atoms with Crippen LogP contribution in [0.15, 0.2) is 0 Å². The largest absolute Gasteiger partial charge is 0.356 e. The van der Waals surface area contributed by atoms with Gasteiger partial charge in [0.15, 0.2) is 0 Å². The summed E-state index contributed by atoms with van der Waals surface area (Å²) < 4.78 is 0. The standard InChI is InChI=1S/C51H97N9O8/c1-11-15-18-20-23-52-47(64)38-41(34-44(61)33-40(14-4)49(66)55-24-21-19-16-12-2)46(63)37-42(50(67)56-26-28-60(10)32-30-58(7)8)35-45(62)36-43(51(68)54-22-17-13-3)39-48(65)53-25-27-59(9)31-29-57(5)6/h40-43H,11-39H2,1-10H3,(H,52,64)(H,53,65)(H,54,68)(H,55,66)(H,56,67). The van der Waals surface area contributed by atoms with E-state index in [0.29, 0.717) is 45.7 Å². The van der Waals surface area contributed by atoms with E-state index in [4.69, 9.17) is 0 Å². The van der Waals surface area contributed by atoms with Crippen molar-refractivity contribution in [2.45, 2.75) is 143 Å². The lowest BCUT2D eigenvalue weighted by Crippen LogP contribution is -2.41. The van der Waals surface area contributed by atoms with Crippen LogP contribution in [0.3, 0.4) is 0 Å². The van der Waals surface area contributed by atoms with Crippen LogP contribution in [0.1, 0.15) is 143 Å². The minimum Gasteiger partial charge on any atom is -0.356 e. The summed E-state index contributed by atoms with van der Waals surface area (Å²) in [5, 5.41) is 14.5. The third-order valence-corrected chi connectivity index (χ3v) is 12.2. The molecule has 0 aliphatic heterocycles. The molecule has 0 saturated carbocycles. The molecule has 5 amide bonds. The molecule has 0 aromatic heterocycles. The highest BCUT2D eigenvalue weighted by Gasteiger charge is 2.33. The van der Waals surface area contributed by atoms with Crippen molar-refractivity contribution in [2.24, 2.45) is 23.7 Å². The van der Waals surface area contributed by atoms with E-state index in [2.05, 4.69) is 60.0 Å². The van der Waals surface area contributed by atoms with E-state index < -0.39 is 59.4 Å². The Morgan fingerprint density at radius 2 is 0.721 bits per heavy atom. The number of nitrogens with zero attached hydrogens (tertiary/aromatic N) is 4. The molecule has 0 radical (unpaired) electrons. The molecule has 0 fully saturated rings. The number of nitrogens with one attached hydrogen (secondary N) is 5. The second-order valence-electron chi connectivity index (χ2n) is 19.4. The zero-order valence-electron chi connectivity index (χ0n) is 44.4. The van der Waals surface area contributed by atoms with Crippen molar-refractivity contribution in [2.75, 3.05) is 114 Å². The first-order valence-corrected chi connectivity index (χ1v) is 26.0. The molecule has 17 nitrogen and oxygen atoms in total. The molecule has 0 aromatic rings. The van der Waals surface area contributed by atoms with Gasteiger partial charge < -0.3 is 46.2 Å². The Morgan fingerprint density at radius 1 is 0.353 bits per heavy atom. The van der Waals surface area contributed by atoms with Crippen LogP contribution in [0.4, 0.5) is 0 Å². The molecule has 0 bridgehead atoms. The fraction of sp³-hybridized carbons (Fsp3) is 0.843. The second kappa shape index (κ2) is 40.0. The van der Waals surface area contributed by atoms with E-state index in [9.17, 15) is 38.4 Å². The number of Topliss-reactive ketones (excluding diaryl/α,β-unsaturated/α-hetero) is 3. The normalized spacial score (nSPS) is 13.3. The monoisotopic (exact) mass is 964 g/mol. The maximum absolute atomic E-state index is 14.4. The molecular formula is C51H97N9O8. The number of carbonyl (C=O) groups excluding carboxylic acids is 8. The maximum atomic E-state index is 14.4. The molecule has 0 heterocycles. The van der Waals surface area contributed by atoms with Crippen molar-refractivity contribution < 1.29 is 38.4 Å². The minimum absolute atomic E-state index is 0.0914. The predicted molar refractivity (Wildman–Crippen MR) is 272 cm³/mol. The summed E-state index contributed by atoms with van der Waals surface area (Å²) in [6.07, 6.45) is 7.72. The summed E-state index contributed by atoms with van der Waals surface area (Å²) in [4.78, 5) is 117. The van der Waals surface area contributed by atoms with Gasteiger partial charge in [-0.15, -0.1) is 0 Å². The lowest BCUT2D eigenvalue weighted by Gasteiger charge is -2.23. The molecule has 5 N–H and O–H groups in total. The van der Waals surface area contributed by atoms with Gasteiger partial charge in [0.1, 0.15) is 17.3 Å². The Balaban J connectivity index is 6.47. The Kier molecular flexibility index (Phi) is 37.7. The van der Waals surface area contributed by atoms with E-state index >= 15 is 0 Å². The van der Waals surface area contributed by atoms with Crippen LogP contribution in [0.2, 0.25) is 0 Å². The number of hydrogen-bond acceptors (Lipinski definition) is 12. The van der Waals surface area contributed by atoms with Crippen LogP contribution in [0.5, 0.6) is 0 Å². The predicted octanol–water partition coefficient (Wildman–Crippen LogP) is 3.83. The SMILES string of the molecule is CCCCCCNC(=O)CC(CC(=O)CC(CC)C(=O)NCCCCCC)C(=O)CC(CC(=O)CC(CC(=O)NCCN(C)CCN(C)C)C(=O)NCCCC)C(=O)NCCN(C)CCN(C)C. The van der Waals surface area contributed by atoms with Crippen LogP contribution >= 0.6 is 0 Å². The highest BCUT2D eigenvalue weighted by atomic mass is 16.2. The van der Waals surface area contributed by atoms with E-state index in [-0.39, 0.29) is 62.7 Å². The summed E-state index contributed by atoms with van der Waals surface area (Å²) in [5.41, 5.74) is 0. The minimum atomic E-state index is -1.16. The van der Waals surface area contributed by atoms with Crippen molar-refractivity contribution in [3.63, 3.8) is 0 Å². The summed E-state index contributed by atoms with van der Waals surface area (Å²) >= 11 is 0. The average molecular weight is 964 g/mol. The van der Waals surface area contributed by atoms with Crippen LogP contribution in [0.25, 0.3) is 0 Å². The van der Waals surface area contributed by atoms with E-state index in [1.165, 1.54) is 0 Å². The number of hydrogen-bond donors (Lipinski definition) is 5. The van der Waals surface area contributed by atoms with Crippen LogP contribution in [0, 0.1) is 23.7 Å². The molecule has 0 aromatic carbocycles. The van der Waals surface area contributed by atoms with Gasteiger partial charge in [-0.05, 0) is 68.0 Å². The van der Waals surface area contributed by atoms with Crippen molar-refractivity contribution in [3.05, 3.63) is 0 Å². The Labute approximate surface area is 411 Å². The van der Waals surface area contributed by atoms with Gasteiger partial charge in [-0.2, -0.15) is 0 Å². The number of amides is 5. The third kappa shape index (κ3) is 33.7. The quantitative estimate of drug-likeness (QED) is 0.0553. The van der Waals surface area contributed by atoms with Gasteiger partial charge in [0.05, 0.1) is 11.8 Å². The molecule has 0 aliphatic rings. The lowest BCUT2D eigenvalue weighted by molar-refractivity contribution is -0.137. The van der Waals surface area contributed by atoms with Gasteiger partial charge in [0.2, 0.25) is 29.5 Å². The number of carbonyl (C=O) groups is 8. The molecule has 68 heavy (non-hydrogen) atoms. The molecular weight excluding hydrogens is 867 g/mol. The smallest absolute Gasteiger partial charge is 0.224 e. The van der Waals surface area contributed by atoms with Gasteiger partial charge in [-0.3, -0.25) is 38.4 Å². The molecule has 17 heteroatoms. The topological polar surface area (TPSA) is 210 Å². The van der Waals surface area contributed by atoms with E-state index in [1.54, 1.807) is 0 Å². The van der Waals surface area contributed by atoms with Crippen LogP contribution in [-0.4, -0.2) is 181 Å². The number of likely N-dealkylation sites (N-methyl/N-ethyl adjacent to an activating group) is 4. The Bertz CT molecular complexity index is 1460. The number of ketones is 3. The molecule has 4 unspecified atom stereocenters. The molecule has 0 saturated heterocycles. The zero-order valence-corrected chi connectivity index (χ0v) is 44.4. The molecule has 0 spiro atoms. The summed E-state index contributed by atoms with van der Waals surface area (Å²) in [6.45, 7) is 14.3. The average Bonchev–Trinajstić information content (AvgIpc) is 3.28. The van der Waals surface area contributed by atoms with Crippen molar-refractivity contribution in [1.82, 2.24) is 46.2 Å². The van der Waals surface area contributed by atoms with E-state index in [0.717, 1.165) is 90.4 Å². The summed E-state index contributed by atoms with van der Waals surface area (Å²) in [7, 11) is 11.8. The zero-order chi connectivity index (χ0) is 51.3. The molecule has 4 atom stereocenters. The van der Waals surface area contributed by atoms with Gasteiger partial charge in [0, 0.05) is 129 Å². The van der Waals surface area contributed by atoms with Gasteiger partial charge in [0.25, 0.3) is 0 Å². The highest BCUT2D eigenvalue weighted by Crippen LogP contribution is 2.23. The summed E-state index contributed by atoms with van der Waals surface area (Å²) in [6, 6.07) is 0. The highest BCUT2D eigenvalue weighted by molar-refractivity contribution is 5.97. The molecule has 394 valence electrons. The van der Waals surface area contributed by atoms with Crippen molar-refractivity contribution in [3.8, 4) is 0 Å². The third-order valence-electron chi connectivity index (χ3n) is 12.2. The number of unbranched alkanes of at least 4 members (excludes halogenated alkanes) is 7. The van der Waals surface area contributed by atoms with Crippen LogP contribution < -0.4 is 26.6 Å². The number of rotatable bonds is 44. The first-order chi connectivity index (χ1) is 32.4. The van der Waals surface area contributed by atoms with Crippen molar-refractivity contribution >= 4 is 46.9 Å². The lowest BCUT2D eigenvalue weighted by atomic mass is 9.83. The molecule has 0 rings (SSSR count). The van der Waals surface area contributed by atoms with Gasteiger partial charge in [-0.1, -0.05) is 72.6 Å². The fourth-order valence-corrected chi connectivity index (χ4v) is 7.59. The van der Waals surface area contributed by atoms with Crippen LogP contribution in [-0.2, 0) is 38.4 Å². The molecule has 0 aliphatic carbocycles. The Morgan fingerprint density at radius 3 is 1.19 bits per heavy atom. The van der Waals surface area contributed by atoms with E-state index in [1.807, 2.05) is 56.1 Å². The first-order valence-electron chi connectivity index (χ1n) is 26.0. The van der Waals surface area contributed by atoms with Crippen molar-refractivity contribution in [1.29, 1.82) is 0 Å². The van der Waals surface area contributed by atoms with Gasteiger partial charge in [-0.25, -0.2) is 0 Å². The second-order valence-corrected chi connectivity index (χ2v) is 19.4. The fourth-order valence-electron chi connectivity index (χ4n) is 7.59. The van der Waals surface area contributed by atoms with Gasteiger partial charge >= 0.3 is 0 Å². The summed E-state index contributed by atoms with van der Waals surface area (Å²) in [5.74, 6) is -7.07.